The molecule has 1 saturated heterocycles. The number of hydrogen-bond donors (Lipinski definition) is 1. The van der Waals surface area contributed by atoms with Crippen LogP contribution in [0.15, 0.2) is 4.99 Å². The van der Waals surface area contributed by atoms with E-state index in [0.29, 0.717) is 5.96 Å². The van der Waals surface area contributed by atoms with Crippen molar-refractivity contribution in [2.75, 3.05) is 32.8 Å². The van der Waals surface area contributed by atoms with Gasteiger partial charge in [-0.15, -0.1) is 0 Å². The first-order chi connectivity index (χ1) is 9.09. The molecular weight excluding hydrogens is 238 g/mol. The summed E-state index contributed by atoms with van der Waals surface area (Å²) in [6.07, 6.45) is 6.90. The van der Waals surface area contributed by atoms with Crippen molar-refractivity contribution in [2.24, 2.45) is 22.1 Å². The second-order valence-electron chi connectivity index (χ2n) is 6.60. The van der Waals surface area contributed by atoms with Crippen molar-refractivity contribution < 1.29 is 4.74 Å². The molecule has 0 bridgehead atoms. The monoisotopic (exact) mass is 267 g/mol. The highest BCUT2D eigenvalue weighted by molar-refractivity contribution is 5.78. The lowest BCUT2D eigenvalue weighted by atomic mass is 9.71. The molecule has 0 amide bonds. The molecule has 0 spiro atoms. The number of guanidine groups is 1. The van der Waals surface area contributed by atoms with E-state index >= 15 is 0 Å². The summed E-state index contributed by atoms with van der Waals surface area (Å²) in [5.74, 6) is 1.51. The molecule has 4 nitrogen and oxygen atoms in total. The van der Waals surface area contributed by atoms with E-state index in [1.165, 1.54) is 32.1 Å². The van der Waals surface area contributed by atoms with Gasteiger partial charge < -0.3 is 15.4 Å². The maximum Gasteiger partial charge on any atom is 0.191 e. The van der Waals surface area contributed by atoms with Crippen molar-refractivity contribution in [3.8, 4) is 0 Å². The SMILES string of the molecule is CC(C)(CN=C(N)N1CCOCC1)C1CCCCC1. The van der Waals surface area contributed by atoms with Crippen LogP contribution in [0.1, 0.15) is 46.0 Å². The van der Waals surface area contributed by atoms with Crippen molar-refractivity contribution in [1.82, 2.24) is 4.90 Å². The van der Waals surface area contributed by atoms with E-state index < -0.39 is 0 Å². The van der Waals surface area contributed by atoms with Crippen molar-refractivity contribution >= 4 is 5.96 Å². The molecule has 2 fully saturated rings. The van der Waals surface area contributed by atoms with Crippen molar-refractivity contribution in [3.63, 3.8) is 0 Å². The standard InChI is InChI=1S/C15H29N3O/c1-15(2,13-6-4-3-5-7-13)12-17-14(16)18-8-10-19-11-9-18/h13H,3-12H2,1-2H3,(H2,16,17). The zero-order chi connectivity index (χ0) is 13.7. The van der Waals surface area contributed by atoms with Gasteiger partial charge in [-0.05, 0) is 24.2 Å². The first-order valence-corrected chi connectivity index (χ1v) is 7.72. The normalized spacial score (nSPS) is 23.7. The average Bonchev–Trinajstić information content (AvgIpc) is 2.47. The fraction of sp³-hybridized carbons (Fsp3) is 0.933. The maximum absolute atomic E-state index is 6.11. The summed E-state index contributed by atoms with van der Waals surface area (Å²) in [5.41, 5.74) is 6.38. The van der Waals surface area contributed by atoms with Crippen LogP contribution in [0.3, 0.4) is 0 Å². The minimum Gasteiger partial charge on any atom is -0.378 e. The molecule has 1 saturated carbocycles. The largest absolute Gasteiger partial charge is 0.378 e. The summed E-state index contributed by atoms with van der Waals surface area (Å²) in [6, 6.07) is 0. The van der Waals surface area contributed by atoms with Gasteiger partial charge in [0.2, 0.25) is 0 Å². The topological polar surface area (TPSA) is 50.8 Å². The Bertz CT molecular complexity index is 303. The van der Waals surface area contributed by atoms with Gasteiger partial charge in [0.1, 0.15) is 0 Å². The summed E-state index contributed by atoms with van der Waals surface area (Å²) in [5, 5.41) is 0. The Morgan fingerprint density at radius 3 is 2.47 bits per heavy atom. The lowest BCUT2D eigenvalue weighted by molar-refractivity contribution is 0.0671. The van der Waals surface area contributed by atoms with E-state index in [4.69, 9.17) is 10.5 Å². The molecule has 1 aliphatic heterocycles. The Hall–Kier alpha value is -0.770. The van der Waals surface area contributed by atoms with Crippen molar-refractivity contribution in [3.05, 3.63) is 0 Å². The molecule has 1 heterocycles. The van der Waals surface area contributed by atoms with Crippen LogP contribution in [0.2, 0.25) is 0 Å². The van der Waals surface area contributed by atoms with Gasteiger partial charge in [0.15, 0.2) is 5.96 Å². The van der Waals surface area contributed by atoms with E-state index in [0.717, 1.165) is 38.8 Å². The third kappa shape index (κ3) is 4.10. The lowest BCUT2D eigenvalue weighted by Crippen LogP contribution is -2.45. The molecule has 0 atom stereocenters. The number of morpholine rings is 1. The van der Waals surface area contributed by atoms with Crippen LogP contribution in [0, 0.1) is 11.3 Å². The predicted octanol–water partition coefficient (Wildman–Crippen LogP) is 2.24. The highest BCUT2D eigenvalue weighted by Crippen LogP contribution is 2.38. The smallest absolute Gasteiger partial charge is 0.191 e. The molecule has 2 aliphatic rings. The Morgan fingerprint density at radius 1 is 1.21 bits per heavy atom. The Labute approximate surface area is 117 Å². The molecule has 0 unspecified atom stereocenters. The fourth-order valence-electron chi connectivity index (χ4n) is 3.19. The highest BCUT2D eigenvalue weighted by Gasteiger charge is 2.30. The van der Waals surface area contributed by atoms with Crippen LogP contribution >= 0.6 is 0 Å². The number of nitrogens with zero attached hydrogens (tertiary/aromatic N) is 2. The molecule has 4 heteroatoms. The van der Waals surface area contributed by atoms with Crippen LogP contribution in [0.5, 0.6) is 0 Å². The van der Waals surface area contributed by atoms with Gasteiger partial charge in [-0.1, -0.05) is 33.1 Å². The van der Waals surface area contributed by atoms with Crippen LogP contribution < -0.4 is 5.73 Å². The van der Waals surface area contributed by atoms with Crippen LogP contribution in [0.25, 0.3) is 0 Å². The summed E-state index contributed by atoms with van der Waals surface area (Å²) in [6.45, 7) is 8.82. The summed E-state index contributed by atoms with van der Waals surface area (Å²) < 4.78 is 5.34. The van der Waals surface area contributed by atoms with Gasteiger partial charge in [0, 0.05) is 19.6 Å². The summed E-state index contributed by atoms with van der Waals surface area (Å²) in [7, 11) is 0. The van der Waals surface area contributed by atoms with Crippen molar-refractivity contribution in [2.45, 2.75) is 46.0 Å². The maximum atomic E-state index is 6.11. The molecule has 0 aromatic heterocycles. The fourth-order valence-corrected chi connectivity index (χ4v) is 3.19. The zero-order valence-electron chi connectivity index (χ0n) is 12.5. The van der Waals surface area contributed by atoms with E-state index in [1.54, 1.807) is 0 Å². The van der Waals surface area contributed by atoms with E-state index in [9.17, 15) is 0 Å². The second-order valence-corrected chi connectivity index (χ2v) is 6.60. The Kier molecular flexibility index (Phi) is 5.08. The van der Waals surface area contributed by atoms with E-state index in [2.05, 4.69) is 23.7 Å². The molecule has 2 rings (SSSR count). The highest BCUT2D eigenvalue weighted by atomic mass is 16.5. The number of rotatable bonds is 3. The zero-order valence-corrected chi connectivity index (χ0v) is 12.5. The van der Waals surface area contributed by atoms with E-state index in [-0.39, 0.29) is 5.41 Å². The lowest BCUT2D eigenvalue weighted by Gasteiger charge is -2.36. The van der Waals surface area contributed by atoms with Gasteiger partial charge in [0.25, 0.3) is 0 Å². The Morgan fingerprint density at radius 2 is 1.84 bits per heavy atom. The number of ether oxygens (including phenoxy) is 1. The van der Waals surface area contributed by atoms with Crippen LogP contribution in [-0.2, 0) is 4.74 Å². The quantitative estimate of drug-likeness (QED) is 0.630. The second kappa shape index (κ2) is 6.60. The summed E-state index contributed by atoms with van der Waals surface area (Å²) >= 11 is 0. The molecule has 2 N–H and O–H groups in total. The van der Waals surface area contributed by atoms with Gasteiger partial charge in [0.05, 0.1) is 13.2 Å². The first kappa shape index (κ1) is 14.6. The van der Waals surface area contributed by atoms with Gasteiger partial charge in [-0.3, -0.25) is 4.99 Å². The van der Waals surface area contributed by atoms with Gasteiger partial charge in [-0.2, -0.15) is 0 Å². The van der Waals surface area contributed by atoms with Crippen molar-refractivity contribution in [1.29, 1.82) is 0 Å². The van der Waals surface area contributed by atoms with E-state index in [1.807, 2.05) is 0 Å². The molecule has 1 aliphatic carbocycles. The third-order valence-corrected chi connectivity index (χ3v) is 4.69. The van der Waals surface area contributed by atoms with Crippen LogP contribution in [-0.4, -0.2) is 43.7 Å². The average molecular weight is 267 g/mol. The minimum absolute atomic E-state index is 0.275. The molecule has 19 heavy (non-hydrogen) atoms. The number of nitrogens with two attached hydrogens (primary N) is 1. The number of hydrogen-bond acceptors (Lipinski definition) is 2. The molecule has 110 valence electrons. The molecule has 0 aromatic rings. The predicted molar refractivity (Wildman–Crippen MR) is 79.2 cm³/mol. The molecule has 0 aromatic carbocycles. The number of aliphatic imine (C=N–C) groups is 1. The van der Waals surface area contributed by atoms with Crippen LogP contribution in [0.4, 0.5) is 0 Å². The third-order valence-electron chi connectivity index (χ3n) is 4.69. The van der Waals surface area contributed by atoms with Gasteiger partial charge in [-0.25, -0.2) is 0 Å². The summed E-state index contributed by atoms with van der Waals surface area (Å²) in [4.78, 5) is 6.80. The minimum atomic E-state index is 0.275. The van der Waals surface area contributed by atoms with Gasteiger partial charge >= 0.3 is 0 Å². The first-order valence-electron chi connectivity index (χ1n) is 7.72. The Balaban J connectivity index is 1.87. The molecule has 0 radical (unpaired) electrons. The molecular formula is C15H29N3O.